The number of carboxylic acid groups (broad SMARTS) is 3. The molecule has 21 heteroatoms. The van der Waals surface area contributed by atoms with E-state index in [1.54, 1.807) is 47.6 Å². The molecule has 0 bridgehead atoms. The molecule has 2 aliphatic rings. The number of Topliss-reactive ketones (excluding diaryl/α,β-unsaturated/α-hetero) is 1. The number of aliphatic carboxylic acids is 3. The second-order valence-corrected chi connectivity index (χ2v) is 18.5. The first-order valence-corrected chi connectivity index (χ1v) is 23.7. The SMILES string of the molecule is CSCC[C@H](NC(=O)c1cccc2c1CCN(C(=O)CN1CCN(CC(=O)O)CCN(CC(=O)O)CCNC(CC(=O)O)C1)C2)C(=O)CCC(=O)N[C@@H](CCCCN)C(=O)OC(C)(C)C. The monoisotopic (exact) mass is 934 g/mol. The lowest BCUT2D eigenvalue weighted by atomic mass is 9.93. The predicted molar refractivity (Wildman–Crippen MR) is 243 cm³/mol. The first-order chi connectivity index (χ1) is 30.8. The fraction of sp³-hybridized carbons (Fsp3) is 0.682. The van der Waals surface area contributed by atoms with E-state index in [9.17, 15) is 53.7 Å². The zero-order valence-electron chi connectivity index (χ0n) is 38.3. The Labute approximate surface area is 385 Å². The molecule has 1 unspecified atom stereocenters. The zero-order chi connectivity index (χ0) is 48.1. The van der Waals surface area contributed by atoms with Gasteiger partial charge in [0.25, 0.3) is 5.91 Å². The van der Waals surface area contributed by atoms with Crippen molar-refractivity contribution in [2.75, 3.05) is 90.5 Å². The minimum atomic E-state index is -1.06. The number of carbonyl (C=O) groups is 8. The van der Waals surface area contributed by atoms with E-state index in [-0.39, 0.29) is 103 Å². The molecule has 2 heterocycles. The van der Waals surface area contributed by atoms with Gasteiger partial charge in [0.05, 0.1) is 32.1 Å². The lowest BCUT2D eigenvalue weighted by Crippen LogP contribution is -2.52. The summed E-state index contributed by atoms with van der Waals surface area (Å²) in [5.41, 5.74) is 6.74. The number of amides is 3. The lowest BCUT2D eigenvalue weighted by Gasteiger charge is -2.35. The summed E-state index contributed by atoms with van der Waals surface area (Å²) in [4.78, 5) is 109. The van der Waals surface area contributed by atoms with Crippen molar-refractivity contribution in [3.8, 4) is 0 Å². The third-order valence-electron chi connectivity index (χ3n) is 11.0. The summed E-state index contributed by atoms with van der Waals surface area (Å²) in [6, 6.07) is 2.88. The van der Waals surface area contributed by atoms with Gasteiger partial charge in [-0.1, -0.05) is 12.1 Å². The Morgan fingerprint density at radius 2 is 1.49 bits per heavy atom. The average Bonchev–Trinajstić information content (AvgIpc) is 3.22. The molecule has 0 aliphatic carbocycles. The zero-order valence-corrected chi connectivity index (χ0v) is 39.1. The number of nitrogens with zero attached hydrogens (tertiary/aromatic N) is 4. The van der Waals surface area contributed by atoms with Gasteiger partial charge in [-0.05, 0) is 88.6 Å². The highest BCUT2D eigenvalue weighted by atomic mass is 32.2. The van der Waals surface area contributed by atoms with E-state index in [1.807, 2.05) is 17.2 Å². The van der Waals surface area contributed by atoms with Gasteiger partial charge in [-0.3, -0.25) is 48.3 Å². The third kappa shape index (κ3) is 20.6. The van der Waals surface area contributed by atoms with Gasteiger partial charge < -0.3 is 46.6 Å². The van der Waals surface area contributed by atoms with Gasteiger partial charge in [0.1, 0.15) is 11.6 Å². The number of benzene rings is 1. The number of hydrogen-bond acceptors (Lipinski definition) is 15. The van der Waals surface area contributed by atoms with E-state index in [4.69, 9.17) is 10.5 Å². The predicted octanol–water partition coefficient (Wildman–Crippen LogP) is 0.249. The van der Waals surface area contributed by atoms with Crippen molar-refractivity contribution in [3.63, 3.8) is 0 Å². The number of esters is 1. The molecule has 1 aromatic carbocycles. The number of nitrogens with one attached hydrogen (secondary N) is 3. The maximum absolute atomic E-state index is 13.9. The highest BCUT2D eigenvalue weighted by molar-refractivity contribution is 7.98. The number of ether oxygens (including phenoxy) is 1. The Morgan fingerprint density at radius 1 is 0.831 bits per heavy atom. The number of fused-ring (bicyclic) bond motifs is 1. The van der Waals surface area contributed by atoms with Gasteiger partial charge in [-0.25, -0.2) is 4.79 Å². The summed E-state index contributed by atoms with van der Waals surface area (Å²) in [6.45, 7) is 7.27. The van der Waals surface area contributed by atoms with E-state index >= 15 is 0 Å². The number of nitrogens with two attached hydrogens (primary N) is 1. The van der Waals surface area contributed by atoms with E-state index < -0.39 is 59.4 Å². The van der Waals surface area contributed by atoms with Gasteiger partial charge in [-0.2, -0.15) is 11.8 Å². The molecule has 2 aliphatic heterocycles. The standard InChI is InChI=1S/C44H70N8O12S/c1-44(2,3)64-43(63)35(10-5-6-15-45)47-37(54)12-11-36(53)34(14-23-65-4)48-42(62)33-9-7-8-30-25-52(17-13-32(30)33)38(55)27-51-22-21-50(29-41(60)61)20-19-49(28-40(58)59)18-16-46-31(26-51)24-39(56)57/h7-9,31,34-35,46H,5-6,10-29,45H2,1-4H3,(H,47,54)(H,48,62)(H,56,57)(H,58,59)(H,60,61)/t31?,34-,35-/m0/s1. The Balaban J connectivity index is 1.70. The van der Waals surface area contributed by atoms with Crippen molar-refractivity contribution in [1.29, 1.82) is 0 Å². The average molecular weight is 935 g/mol. The number of hydrogen-bond donors (Lipinski definition) is 7. The minimum Gasteiger partial charge on any atom is -0.481 e. The number of carboxylic acids is 3. The molecule has 364 valence electrons. The molecule has 0 saturated carbocycles. The van der Waals surface area contributed by atoms with Crippen molar-refractivity contribution >= 4 is 59.1 Å². The molecule has 65 heavy (non-hydrogen) atoms. The van der Waals surface area contributed by atoms with Crippen LogP contribution in [-0.4, -0.2) is 197 Å². The van der Waals surface area contributed by atoms with Crippen molar-refractivity contribution in [3.05, 3.63) is 34.9 Å². The number of carbonyl (C=O) groups excluding carboxylic acids is 5. The Bertz CT molecular complexity index is 1800. The molecule has 0 spiro atoms. The molecule has 3 amide bonds. The fourth-order valence-electron chi connectivity index (χ4n) is 7.78. The molecule has 0 aromatic heterocycles. The van der Waals surface area contributed by atoms with Crippen molar-refractivity contribution in [1.82, 2.24) is 35.6 Å². The minimum absolute atomic E-state index is 0.0768. The summed E-state index contributed by atoms with van der Waals surface area (Å²) in [6.07, 6.45) is 3.57. The van der Waals surface area contributed by atoms with Crippen LogP contribution in [-0.2, 0) is 51.3 Å². The molecule has 1 fully saturated rings. The molecule has 0 radical (unpaired) electrons. The second-order valence-electron chi connectivity index (χ2n) is 17.5. The molecule has 1 aromatic rings. The van der Waals surface area contributed by atoms with E-state index in [2.05, 4.69) is 16.0 Å². The molecule has 3 rings (SSSR count). The molecule has 1 saturated heterocycles. The quantitative estimate of drug-likeness (QED) is 0.0572. The van der Waals surface area contributed by atoms with Crippen LogP contribution in [0.3, 0.4) is 0 Å². The van der Waals surface area contributed by atoms with Crippen LogP contribution in [0.5, 0.6) is 0 Å². The van der Waals surface area contributed by atoms with Crippen LogP contribution in [0.25, 0.3) is 0 Å². The molecular weight excluding hydrogens is 865 g/mol. The summed E-state index contributed by atoms with van der Waals surface area (Å²) in [5.74, 6) is -4.63. The molecular formula is C44H70N8O12S. The van der Waals surface area contributed by atoms with Gasteiger partial charge in [0.15, 0.2) is 5.78 Å². The Kier molecular flexibility index (Phi) is 23.3. The van der Waals surface area contributed by atoms with E-state index in [0.717, 1.165) is 11.1 Å². The third-order valence-corrected chi connectivity index (χ3v) is 11.7. The maximum atomic E-state index is 13.9. The van der Waals surface area contributed by atoms with Crippen molar-refractivity contribution in [2.45, 2.75) is 102 Å². The van der Waals surface area contributed by atoms with E-state index in [0.29, 0.717) is 56.5 Å². The summed E-state index contributed by atoms with van der Waals surface area (Å²) < 4.78 is 5.50. The Morgan fingerprint density at radius 3 is 2.11 bits per heavy atom. The number of unbranched alkanes of at least 4 members (excludes halogenated alkanes) is 1. The van der Waals surface area contributed by atoms with Crippen LogP contribution < -0.4 is 21.7 Å². The van der Waals surface area contributed by atoms with Crippen LogP contribution >= 0.6 is 11.8 Å². The van der Waals surface area contributed by atoms with Crippen molar-refractivity contribution in [2.24, 2.45) is 5.73 Å². The maximum Gasteiger partial charge on any atom is 0.329 e. The summed E-state index contributed by atoms with van der Waals surface area (Å²) in [7, 11) is 0. The highest BCUT2D eigenvalue weighted by Gasteiger charge is 2.31. The number of rotatable bonds is 23. The second kappa shape index (κ2) is 27.7. The normalized spacial score (nSPS) is 17.9. The van der Waals surface area contributed by atoms with Gasteiger partial charge in [0.2, 0.25) is 11.8 Å². The van der Waals surface area contributed by atoms with Crippen LogP contribution in [0.1, 0.15) is 87.2 Å². The topological polar surface area (TPSA) is 282 Å². The van der Waals surface area contributed by atoms with Gasteiger partial charge >= 0.3 is 23.9 Å². The largest absolute Gasteiger partial charge is 0.481 e. The number of thioether (sulfide) groups is 1. The van der Waals surface area contributed by atoms with Gasteiger partial charge in [-0.15, -0.1) is 0 Å². The highest BCUT2D eigenvalue weighted by Crippen LogP contribution is 2.24. The van der Waals surface area contributed by atoms with Crippen LogP contribution in [0.15, 0.2) is 18.2 Å². The van der Waals surface area contributed by atoms with Crippen LogP contribution in [0.4, 0.5) is 0 Å². The fourth-order valence-corrected chi connectivity index (χ4v) is 8.25. The van der Waals surface area contributed by atoms with E-state index in [1.165, 1.54) is 11.8 Å². The molecule has 20 nitrogen and oxygen atoms in total. The first-order valence-electron chi connectivity index (χ1n) is 22.3. The lowest BCUT2D eigenvalue weighted by molar-refractivity contribution is -0.159. The smallest absolute Gasteiger partial charge is 0.329 e. The first kappa shape index (κ1) is 54.7. The van der Waals surface area contributed by atoms with Crippen LogP contribution in [0, 0.1) is 0 Å². The number of ketones is 1. The van der Waals surface area contributed by atoms with Crippen LogP contribution in [0.2, 0.25) is 0 Å². The summed E-state index contributed by atoms with van der Waals surface area (Å²) >= 11 is 1.51. The summed E-state index contributed by atoms with van der Waals surface area (Å²) in [5, 5.41) is 37.5. The Hall–Kier alpha value is -4.67. The van der Waals surface area contributed by atoms with Gasteiger partial charge in [0, 0.05) is 83.3 Å². The molecule has 3 atom stereocenters. The van der Waals surface area contributed by atoms with Crippen molar-refractivity contribution < 1.29 is 58.4 Å². The molecule has 8 N–H and O–H groups in total.